The van der Waals surface area contributed by atoms with Crippen LogP contribution in [0.3, 0.4) is 0 Å². The van der Waals surface area contributed by atoms with Gasteiger partial charge in [0.2, 0.25) is 17.7 Å². The predicted octanol–water partition coefficient (Wildman–Crippen LogP) is 4.43. The molecule has 0 radical (unpaired) electrons. The van der Waals surface area contributed by atoms with Gasteiger partial charge in [-0.1, -0.05) is 24.3 Å². The normalized spacial score (nSPS) is 21.2. The molecule has 1 saturated heterocycles. The Balaban J connectivity index is 1.12. The topological polar surface area (TPSA) is 95.1 Å². The van der Waals surface area contributed by atoms with Crippen molar-refractivity contribution in [2.75, 3.05) is 18.1 Å². The summed E-state index contributed by atoms with van der Waals surface area (Å²) in [5.41, 5.74) is 3.29. The first-order chi connectivity index (χ1) is 17.5. The van der Waals surface area contributed by atoms with Crippen molar-refractivity contribution >= 4 is 17.8 Å². The van der Waals surface area contributed by atoms with Gasteiger partial charge >= 0.3 is 0 Å². The number of anilines is 1. The van der Waals surface area contributed by atoms with Gasteiger partial charge in [-0.05, 0) is 67.5 Å². The van der Waals surface area contributed by atoms with Crippen molar-refractivity contribution in [1.29, 1.82) is 0 Å². The van der Waals surface area contributed by atoms with E-state index in [2.05, 4.69) is 51.7 Å². The number of likely N-dealkylation sites (tertiary alicyclic amines) is 1. The lowest BCUT2D eigenvalue weighted by Crippen LogP contribution is -2.49. The Morgan fingerprint density at radius 2 is 1.81 bits per heavy atom. The highest BCUT2D eigenvalue weighted by Crippen LogP contribution is 2.37. The van der Waals surface area contributed by atoms with Gasteiger partial charge in [-0.2, -0.15) is 5.10 Å². The van der Waals surface area contributed by atoms with Gasteiger partial charge in [0.25, 0.3) is 0 Å². The number of aryl methyl sites for hydroxylation is 1. The van der Waals surface area contributed by atoms with Crippen molar-refractivity contribution in [3.05, 3.63) is 54.4 Å². The van der Waals surface area contributed by atoms with Crippen molar-refractivity contribution in [3.8, 4) is 22.6 Å². The molecule has 3 aliphatic rings. The Bertz CT molecular complexity index is 1270. The highest BCUT2D eigenvalue weighted by molar-refractivity contribution is 5.81. The first-order valence-corrected chi connectivity index (χ1v) is 12.8. The summed E-state index contributed by atoms with van der Waals surface area (Å²) < 4.78 is 5.58. The smallest absolute Gasteiger partial charge is 0.247 e. The number of nitrogens with zero attached hydrogens (tertiary/aromatic N) is 5. The van der Waals surface area contributed by atoms with Crippen LogP contribution in [0.2, 0.25) is 0 Å². The molecule has 2 aromatic carbocycles. The van der Waals surface area contributed by atoms with E-state index in [1.165, 1.54) is 0 Å². The van der Waals surface area contributed by atoms with E-state index in [4.69, 9.17) is 4.42 Å². The summed E-state index contributed by atoms with van der Waals surface area (Å²) in [7, 11) is 0. The van der Waals surface area contributed by atoms with Crippen LogP contribution in [0, 0.1) is 12.8 Å². The Kier molecular flexibility index (Phi) is 5.84. The van der Waals surface area contributed by atoms with Crippen LogP contribution in [0.15, 0.2) is 58.0 Å². The number of piperidine rings is 1. The minimum Gasteiger partial charge on any atom is -0.421 e. The van der Waals surface area contributed by atoms with Crippen LogP contribution in [0.5, 0.6) is 0 Å². The molecule has 1 amide bonds. The van der Waals surface area contributed by atoms with E-state index in [1.54, 1.807) is 6.92 Å². The van der Waals surface area contributed by atoms with Crippen molar-refractivity contribution in [2.45, 2.75) is 57.1 Å². The molecule has 8 heteroatoms. The van der Waals surface area contributed by atoms with E-state index in [0.717, 1.165) is 41.6 Å². The maximum Gasteiger partial charge on any atom is 0.247 e. The summed E-state index contributed by atoms with van der Waals surface area (Å²) in [6.07, 6.45) is 6.69. The van der Waals surface area contributed by atoms with E-state index in [9.17, 15) is 9.90 Å². The fourth-order valence-corrected chi connectivity index (χ4v) is 5.32. The number of amides is 1. The third kappa shape index (κ3) is 4.65. The molecule has 186 valence electrons. The molecular formula is C28H31N5O3. The Morgan fingerprint density at radius 1 is 1.06 bits per heavy atom. The SMILES string of the molecule is Cc1nnc(-c2cccc(-c3ccc(N4N=CCC4CC4(O)CCN(C(=O)C5CC5)CC4)cc3)c2)o1. The molecule has 8 nitrogen and oxygen atoms in total. The summed E-state index contributed by atoms with van der Waals surface area (Å²) in [5.74, 6) is 1.58. The van der Waals surface area contributed by atoms with Crippen LogP contribution in [0.1, 0.15) is 44.4 Å². The van der Waals surface area contributed by atoms with Gasteiger partial charge in [0.15, 0.2) is 0 Å². The minimum absolute atomic E-state index is 0.107. The molecule has 1 unspecified atom stereocenters. The molecular weight excluding hydrogens is 454 g/mol. The van der Waals surface area contributed by atoms with Crippen LogP contribution in [0.4, 0.5) is 5.69 Å². The highest BCUT2D eigenvalue weighted by atomic mass is 16.4. The first kappa shape index (κ1) is 22.9. The number of carbonyl (C=O) groups excluding carboxylic acids is 1. The molecule has 0 spiro atoms. The second-order valence-corrected chi connectivity index (χ2v) is 10.3. The number of aromatic nitrogens is 2. The van der Waals surface area contributed by atoms with E-state index in [-0.39, 0.29) is 17.9 Å². The van der Waals surface area contributed by atoms with E-state index in [0.29, 0.717) is 44.1 Å². The molecule has 6 rings (SSSR count). The maximum atomic E-state index is 12.4. The van der Waals surface area contributed by atoms with Crippen molar-refractivity contribution in [2.24, 2.45) is 11.0 Å². The van der Waals surface area contributed by atoms with Crippen molar-refractivity contribution < 1.29 is 14.3 Å². The first-order valence-electron chi connectivity index (χ1n) is 12.8. The molecule has 1 N–H and O–H groups in total. The van der Waals surface area contributed by atoms with E-state index >= 15 is 0 Å². The van der Waals surface area contributed by atoms with Crippen molar-refractivity contribution in [1.82, 2.24) is 15.1 Å². The average Bonchev–Trinajstić information content (AvgIpc) is 3.51. The molecule has 1 aliphatic carbocycles. The number of carbonyl (C=O) groups is 1. The number of hydrogen-bond acceptors (Lipinski definition) is 7. The van der Waals surface area contributed by atoms with Gasteiger partial charge in [0.1, 0.15) is 0 Å². The average molecular weight is 486 g/mol. The minimum atomic E-state index is -0.759. The quantitative estimate of drug-likeness (QED) is 0.555. The van der Waals surface area contributed by atoms with E-state index < -0.39 is 5.60 Å². The van der Waals surface area contributed by atoms with Crippen molar-refractivity contribution in [3.63, 3.8) is 0 Å². The maximum absolute atomic E-state index is 12.4. The number of hydrazone groups is 1. The Morgan fingerprint density at radius 3 is 2.50 bits per heavy atom. The number of aliphatic hydroxyl groups is 1. The second-order valence-electron chi connectivity index (χ2n) is 10.3. The fourth-order valence-electron chi connectivity index (χ4n) is 5.32. The monoisotopic (exact) mass is 485 g/mol. The lowest BCUT2D eigenvalue weighted by atomic mass is 9.84. The summed E-state index contributed by atoms with van der Waals surface area (Å²) in [6.45, 7) is 3.08. The molecule has 1 saturated carbocycles. The van der Waals surface area contributed by atoms with Crippen LogP contribution in [0.25, 0.3) is 22.6 Å². The van der Waals surface area contributed by atoms with Crippen LogP contribution in [-0.2, 0) is 4.79 Å². The number of hydrogen-bond donors (Lipinski definition) is 1. The zero-order valence-electron chi connectivity index (χ0n) is 20.5. The lowest BCUT2D eigenvalue weighted by molar-refractivity contribution is -0.137. The largest absolute Gasteiger partial charge is 0.421 e. The fraction of sp³-hybridized carbons (Fsp3) is 0.429. The molecule has 36 heavy (non-hydrogen) atoms. The number of rotatable bonds is 6. The Hall–Kier alpha value is -3.52. The molecule has 0 bridgehead atoms. The summed E-state index contributed by atoms with van der Waals surface area (Å²) in [6, 6.07) is 16.5. The summed E-state index contributed by atoms with van der Waals surface area (Å²) >= 11 is 0. The second kappa shape index (κ2) is 9.17. The third-order valence-corrected chi connectivity index (χ3v) is 7.58. The number of benzene rings is 2. The zero-order valence-corrected chi connectivity index (χ0v) is 20.5. The van der Waals surface area contributed by atoms with Gasteiger partial charge in [0, 0.05) is 44.1 Å². The van der Waals surface area contributed by atoms with Crippen LogP contribution in [-0.4, -0.2) is 57.1 Å². The van der Waals surface area contributed by atoms with Crippen LogP contribution < -0.4 is 5.01 Å². The van der Waals surface area contributed by atoms with E-state index in [1.807, 2.05) is 28.3 Å². The van der Waals surface area contributed by atoms with Gasteiger partial charge in [-0.25, -0.2) is 0 Å². The standard InChI is InChI=1S/C28H31N5O3/c1-19-30-31-26(36-19)23-4-2-3-22(17-23)20-7-9-24(10-8-20)33-25(11-14-29-33)18-28(35)12-15-32(16-13-28)27(34)21-5-6-21/h2-4,7-10,14,17,21,25,35H,5-6,11-13,15-16,18H2,1H3. The lowest BCUT2D eigenvalue weighted by Gasteiger charge is -2.40. The van der Waals surface area contributed by atoms with Gasteiger partial charge in [-0.3, -0.25) is 9.80 Å². The van der Waals surface area contributed by atoms with Crippen LogP contribution >= 0.6 is 0 Å². The Labute approximate surface area is 210 Å². The molecule has 3 aromatic rings. The van der Waals surface area contributed by atoms with Gasteiger partial charge < -0.3 is 14.4 Å². The molecule has 1 aromatic heterocycles. The summed E-state index contributed by atoms with van der Waals surface area (Å²) in [5, 5.41) is 26.0. The molecule has 3 heterocycles. The zero-order chi connectivity index (χ0) is 24.7. The van der Waals surface area contributed by atoms with Gasteiger partial charge in [-0.15, -0.1) is 10.2 Å². The summed E-state index contributed by atoms with van der Waals surface area (Å²) in [4.78, 5) is 14.3. The molecule has 2 fully saturated rings. The predicted molar refractivity (Wildman–Crippen MR) is 137 cm³/mol. The highest BCUT2D eigenvalue weighted by Gasteiger charge is 2.41. The molecule has 2 aliphatic heterocycles. The molecule has 1 atom stereocenters. The van der Waals surface area contributed by atoms with Gasteiger partial charge in [0.05, 0.1) is 17.3 Å². The third-order valence-electron chi connectivity index (χ3n) is 7.58.